The molecule has 0 spiro atoms. The number of hydrogen-bond donors (Lipinski definition) is 2. The smallest absolute Gasteiger partial charge is 0.239 e. The summed E-state index contributed by atoms with van der Waals surface area (Å²) in [6, 6.07) is 17.6. The first kappa shape index (κ1) is 19.1. The number of anilines is 1. The first-order chi connectivity index (χ1) is 13.3. The fourth-order valence-electron chi connectivity index (χ4n) is 3.27. The molecule has 0 saturated heterocycles. The number of carbonyl (C=O) groups is 1. The molecule has 1 saturated carbocycles. The SMILES string of the molecule is O=C(CNc1ccccc1OCCOc1ccccc1)NC1CCCCC1. The molecule has 0 heterocycles. The van der Waals surface area contributed by atoms with E-state index >= 15 is 0 Å². The van der Waals surface area contributed by atoms with E-state index in [0.29, 0.717) is 19.3 Å². The van der Waals surface area contributed by atoms with Gasteiger partial charge in [-0.15, -0.1) is 0 Å². The lowest BCUT2D eigenvalue weighted by Gasteiger charge is -2.23. The molecule has 5 heteroatoms. The predicted molar refractivity (Wildman–Crippen MR) is 107 cm³/mol. The van der Waals surface area contributed by atoms with Crippen molar-refractivity contribution in [3.8, 4) is 11.5 Å². The standard InChI is InChI=1S/C22H28N2O3/c25-22(24-18-9-3-1-4-10-18)17-23-20-13-7-8-14-21(20)27-16-15-26-19-11-5-2-6-12-19/h2,5-8,11-14,18,23H,1,3-4,9-10,15-17H2,(H,24,25). The van der Waals surface area contributed by atoms with Crippen LogP contribution in [0.2, 0.25) is 0 Å². The highest BCUT2D eigenvalue weighted by molar-refractivity contribution is 5.81. The molecule has 1 aliphatic carbocycles. The van der Waals surface area contributed by atoms with E-state index in [-0.39, 0.29) is 12.5 Å². The molecule has 2 aromatic carbocycles. The molecule has 0 atom stereocenters. The largest absolute Gasteiger partial charge is 0.490 e. The highest BCUT2D eigenvalue weighted by atomic mass is 16.5. The van der Waals surface area contributed by atoms with Gasteiger partial charge in [0.1, 0.15) is 24.7 Å². The van der Waals surface area contributed by atoms with Crippen molar-refractivity contribution in [2.45, 2.75) is 38.1 Å². The van der Waals surface area contributed by atoms with Crippen LogP contribution in [0.25, 0.3) is 0 Å². The van der Waals surface area contributed by atoms with Gasteiger partial charge in [0.05, 0.1) is 12.2 Å². The number of para-hydroxylation sites is 3. The van der Waals surface area contributed by atoms with E-state index in [4.69, 9.17) is 9.47 Å². The highest BCUT2D eigenvalue weighted by Gasteiger charge is 2.15. The quantitative estimate of drug-likeness (QED) is 0.657. The summed E-state index contributed by atoms with van der Waals surface area (Å²) in [5.74, 6) is 1.58. The second kappa shape index (κ2) is 10.5. The maximum atomic E-state index is 12.2. The molecule has 27 heavy (non-hydrogen) atoms. The van der Waals surface area contributed by atoms with Crippen LogP contribution in [0.5, 0.6) is 11.5 Å². The van der Waals surface area contributed by atoms with E-state index in [1.54, 1.807) is 0 Å². The highest BCUT2D eigenvalue weighted by Crippen LogP contribution is 2.23. The minimum Gasteiger partial charge on any atom is -0.490 e. The molecule has 0 bridgehead atoms. The molecule has 0 radical (unpaired) electrons. The van der Waals surface area contributed by atoms with Gasteiger partial charge in [-0.25, -0.2) is 0 Å². The number of nitrogens with one attached hydrogen (secondary N) is 2. The van der Waals surface area contributed by atoms with Crippen LogP contribution >= 0.6 is 0 Å². The van der Waals surface area contributed by atoms with Gasteiger partial charge in [-0.2, -0.15) is 0 Å². The Labute approximate surface area is 161 Å². The van der Waals surface area contributed by atoms with Crippen LogP contribution in [0.4, 0.5) is 5.69 Å². The number of ether oxygens (including phenoxy) is 2. The third-order valence-corrected chi connectivity index (χ3v) is 4.65. The lowest BCUT2D eigenvalue weighted by molar-refractivity contribution is -0.120. The average molecular weight is 368 g/mol. The van der Waals surface area contributed by atoms with Gasteiger partial charge in [-0.05, 0) is 37.1 Å². The first-order valence-corrected chi connectivity index (χ1v) is 9.74. The van der Waals surface area contributed by atoms with Crippen LogP contribution in [0, 0.1) is 0 Å². The molecule has 144 valence electrons. The maximum Gasteiger partial charge on any atom is 0.239 e. The summed E-state index contributed by atoms with van der Waals surface area (Å²) in [6.45, 7) is 1.14. The van der Waals surface area contributed by atoms with E-state index in [1.165, 1.54) is 19.3 Å². The number of rotatable bonds is 9. The minimum atomic E-state index is 0.0316. The second-order valence-corrected chi connectivity index (χ2v) is 6.76. The van der Waals surface area contributed by atoms with Crippen molar-refractivity contribution in [1.29, 1.82) is 0 Å². The van der Waals surface area contributed by atoms with Gasteiger partial charge in [-0.3, -0.25) is 4.79 Å². The summed E-state index contributed by atoms with van der Waals surface area (Å²) in [5.41, 5.74) is 0.816. The Bertz CT molecular complexity index is 700. The normalized spacial score (nSPS) is 14.4. The summed E-state index contributed by atoms with van der Waals surface area (Å²) in [7, 11) is 0. The predicted octanol–water partition coefficient (Wildman–Crippen LogP) is 4.01. The summed E-state index contributed by atoms with van der Waals surface area (Å²) in [6.07, 6.45) is 5.88. The number of hydrogen-bond acceptors (Lipinski definition) is 4. The molecule has 0 aliphatic heterocycles. The van der Waals surface area contributed by atoms with Crippen LogP contribution < -0.4 is 20.1 Å². The molecule has 3 rings (SSSR count). The van der Waals surface area contributed by atoms with Gasteiger partial charge in [0.25, 0.3) is 0 Å². The van der Waals surface area contributed by atoms with Crippen LogP contribution in [0.1, 0.15) is 32.1 Å². The minimum absolute atomic E-state index is 0.0316. The third-order valence-electron chi connectivity index (χ3n) is 4.65. The van der Waals surface area contributed by atoms with Gasteiger partial charge >= 0.3 is 0 Å². The molecule has 2 N–H and O–H groups in total. The fourth-order valence-corrected chi connectivity index (χ4v) is 3.27. The van der Waals surface area contributed by atoms with Gasteiger partial charge < -0.3 is 20.1 Å². The molecule has 0 unspecified atom stereocenters. The van der Waals surface area contributed by atoms with Crippen molar-refractivity contribution in [3.63, 3.8) is 0 Å². The zero-order chi connectivity index (χ0) is 18.7. The number of carbonyl (C=O) groups excluding carboxylic acids is 1. The van der Waals surface area contributed by atoms with Gasteiger partial charge in [-0.1, -0.05) is 49.6 Å². The van der Waals surface area contributed by atoms with Crippen LogP contribution in [0.15, 0.2) is 54.6 Å². The summed E-state index contributed by atoms with van der Waals surface area (Å²) in [5, 5.41) is 6.30. The summed E-state index contributed by atoms with van der Waals surface area (Å²) < 4.78 is 11.5. The zero-order valence-corrected chi connectivity index (χ0v) is 15.7. The first-order valence-electron chi connectivity index (χ1n) is 9.74. The van der Waals surface area contributed by atoms with Gasteiger partial charge in [0.2, 0.25) is 5.91 Å². The van der Waals surface area contributed by atoms with Gasteiger partial charge in [0.15, 0.2) is 0 Å². The van der Waals surface area contributed by atoms with Crippen LogP contribution in [-0.4, -0.2) is 31.7 Å². The third kappa shape index (κ3) is 6.51. The van der Waals surface area contributed by atoms with Crippen molar-refractivity contribution < 1.29 is 14.3 Å². The Kier molecular flexibility index (Phi) is 7.39. The Morgan fingerprint density at radius 2 is 1.59 bits per heavy atom. The van der Waals surface area contributed by atoms with Crippen LogP contribution in [0.3, 0.4) is 0 Å². The topological polar surface area (TPSA) is 59.6 Å². The van der Waals surface area contributed by atoms with Crippen molar-refractivity contribution in [2.24, 2.45) is 0 Å². The molecule has 0 aromatic heterocycles. The average Bonchev–Trinajstić information content (AvgIpc) is 2.72. The Morgan fingerprint density at radius 3 is 2.41 bits per heavy atom. The van der Waals surface area contributed by atoms with E-state index in [0.717, 1.165) is 30.0 Å². The molecule has 2 aromatic rings. The Balaban J connectivity index is 1.42. The van der Waals surface area contributed by atoms with E-state index < -0.39 is 0 Å². The van der Waals surface area contributed by atoms with Crippen molar-refractivity contribution in [3.05, 3.63) is 54.6 Å². The molecule has 1 aliphatic rings. The number of benzene rings is 2. The molecular formula is C22H28N2O3. The van der Waals surface area contributed by atoms with Crippen LogP contribution in [-0.2, 0) is 4.79 Å². The Morgan fingerprint density at radius 1 is 0.889 bits per heavy atom. The molecule has 5 nitrogen and oxygen atoms in total. The van der Waals surface area contributed by atoms with Crippen molar-refractivity contribution in [2.75, 3.05) is 25.1 Å². The molecular weight excluding hydrogens is 340 g/mol. The second-order valence-electron chi connectivity index (χ2n) is 6.76. The fraction of sp³-hybridized carbons (Fsp3) is 0.409. The van der Waals surface area contributed by atoms with Crippen molar-refractivity contribution in [1.82, 2.24) is 5.32 Å². The van der Waals surface area contributed by atoms with E-state index in [2.05, 4.69) is 10.6 Å². The van der Waals surface area contributed by atoms with Gasteiger partial charge in [0, 0.05) is 6.04 Å². The monoisotopic (exact) mass is 368 g/mol. The zero-order valence-electron chi connectivity index (χ0n) is 15.7. The lowest BCUT2D eigenvalue weighted by Crippen LogP contribution is -2.39. The van der Waals surface area contributed by atoms with Crippen molar-refractivity contribution >= 4 is 11.6 Å². The summed E-state index contributed by atoms with van der Waals surface area (Å²) in [4.78, 5) is 12.2. The Hall–Kier alpha value is -2.69. The van der Waals surface area contributed by atoms with E-state index in [9.17, 15) is 4.79 Å². The lowest BCUT2D eigenvalue weighted by atomic mass is 9.95. The number of amides is 1. The molecule has 1 fully saturated rings. The maximum absolute atomic E-state index is 12.2. The summed E-state index contributed by atoms with van der Waals surface area (Å²) >= 11 is 0. The molecule has 1 amide bonds. The van der Waals surface area contributed by atoms with E-state index in [1.807, 2.05) is 54.6 Å².